The maximum Gasteiger partial charge on any atom is 0.418 e. The lowest BCUT2D eigenvalue weighted by atomic mass is 10.0. The van der Waals surface area contributed by atoms with E-state index in [-0.39, 0.29) is 18.8 Å². The van der Waals surface area contributed by atoms with Crippen LogP contribution in [0.25, 0.3) is 0 Å². The van der Waals surface area contributed by atoms with Crippen LogP contribution in [0.1, 0.15) is 12.6 Å². The Morgan fingerprint density at radius 1 is 1.39 bits per heavy atom. The number of carbonyl (C=O) groups excluding carboxylic acids is 2. The second-order valence-electron chi connectivity index (χ2n) is 6.21. The predicted octanol–water partition coefficient (Wildman–Crippen LogP) is -1.42. The number of nitrogens with one attached hydrogen (secondary N) is 1. The molecule has 3 heterocycles. The molecule has 3 rings (SSSR count). The van der Waals surface area contributed by atoms with Crippen molar-refractivity contribution in [1.29, 1.82) is 0 Å². The molecule has 0 saturated carbocycles. The lowest BCUT2D eigenvalue weighted by Gasteiger charge is -2.27. The average Bonchev–Trinajstić information content (AvgIpc) is 2.85. The van der Waals surface area contributed by atoms with E-state index < -0.39 is 45.6 Å². The number of aromatic nitrogens is 1. The summed E-state index contributed by atoms with van der Waals surface area (Å²) in [4.78, 5) is 37.4. The van der Waals surface area contributed by atoms with E-state index in [1.165, 1.54) is 6.08 Å². The minimum atomic E-state index is -4.93. The number of rotatable bonds is 5. The molecule has 13 nitrogen and oxygen atoms in total. The first kappa shape index (κ1) is 19.7. The van der Waals surface area contributed by atoms with E-state index in [0.717, 1.165) is 17.2 Å². The highest BCUT2D eigenvalue weighted by atomic mass is 32.3. The van der Waals surface area contributed by atoms with Gasteiger partial charge in [0.2, 0.25) is 11.3 Å². The number of hydrogen-bond donors (Lipinski definition) is 4. The van der Waals surface area contributed by atoms with Gasteiger partial charge in [-0.25, -0.2) is 4.79 Å². The van der Waals surface area contributed by atoms with Crippen molar-refractivity contribution in [3.05, 3.63) is 39.8 Å². The van der Waals surface area contributed by atoms with E-state index in [1.807, 2.05) is 0 Å². The Morgan fingerprint density at radius 2 is 2.07 bits per heavy atom. The summed E-state index contributed by atoms with van der Waals surface area (Å²) >= 11 is 0. The molecule has 1 aromatic heterocycles. The maximum absolute atomic E-state index is 12.5. The molecule has 0 radical (unpaired) electrons. The smallest absolute Gasteiger partial charge is 0.418 e. The normalized spacial score (nSPS) is 21.6. The highest BCUT2D eigenvalue weighted by Crippen LogP contribution is 2.30. The number of pyridine rings is 1. The first-order valence-electron chi connectivity index (χ1n) is 7.84. The van der Waals surface area contributed by atoms with Gasteiger partial charge in [0.1, 0.15) is 12.1 Å². The van der Waals surface area contributed by atoms with Crippen molar-refractivity contribution in [3.8, 4) is 5.75 Å². The van der Waals surface area contributed by atoms with Crippen LogP contribution >= 0.6 is 0 Å². The fourth-order valence-corrected chi connectivity index (χ4v) is 3.35. The highest BCUT2D eigenvalue weighted by Gasteiger charge is 2.49. The standard InChI is InChI=1S/C14H16N4O9S/c1-7-2-9(16-5-10(7)18(14(16)22)27-28(24,25)26)13(21)15-4-8-3-11(19)12(20)6-17(8)23/h2-3,6,9-10,20,23H,4-5H2,1H3,(H,15,21)(H,24,25,26)/t9-,10+/m0/s1. The van der Waals surface area contributed by atoms with Crippen molar-refractivity contribution in [1.82, 2.24) is 20.0 Å². The molecule has 28 heavy (non-hydrogen) atoms. The van der Waals surface area contributed by atoms with Crippen LogP contribution in [0.5, 0.6) is 5.75 Å². The SMILES string of the molecule is CC1=C[C@@H](C(=O)NCc2cc(=O)c(O)cn2O)N2C[C@H]1N(OS(=O)(=O)O)C2=O. The van der Waals surface area contributed by atoms with Crippen molar-refractivity contribution in [2.45, 2.75) is 25.6 Å². The van der Waals surface area contributed by atoms with Gasteiger partial charge in [-0.15, -0.1) is 4.28 Å². The Hall–Kier alpha value is -3.10. The molecule has 2 aliphatic rings. The van der Waals surface area contributed by atoms with Crippen LogP contribution < -0.4 is 10.7 Å². The minimum absolute atomic E-state index is 0.0189. The molecule has 0 aromatic carbocycles. The first-order chi connectivity index (χ1) is 13.0. The number of carbonyl (C=O) groups is 2. The molecule has 0 spiro atoms. The largest absolute Gasteiger partial charge is 0.503 e. The molecule has 2 atom stereocenters. The summed E-state index contributed by atoms with van der Waals surface area (Å²) in [6, 6.07) is -1.90. The van der Waals surface area contributed by atoms with E-state index in [9.17, 15) is 33.1 Å². The van der Waals surface area contributed by atoms with Gasteiger partial charge in [-0.05, 0) is 12.5 Å². The van der Waals surface area contributed by atoms with Crippen LogP contribution in [0.3, 0.4) is 0 Å². The molecule has 0 aliphatic carbocycles. The van der Waals surface area contributed by atoms with Crippen LogP contribution in [0.4, 0.5) is 4.79 Å². The summed E-state index contributed by atoms with van der Waals surface area (Å²) in [6.07, 6.45) is 2.20. The van der Waals surface area contributed by atoms with Gasteiger partial charge in [-0.3, -0.25) is 14.1 Å². The molecule has 1 aromatic rings. The number of amides is 3. The van der Waals surface area contributed by atoms with Gasteiger partial charge >= 0.3 is 16.4 Å². The molecular formula is C14H16N4O9S. The van der Waals surface area contributed by atoms with E-state index in [1.54, 1.807) is 6.92 Å². The number of urea groups is 1. The lowest BCUT2D eigenvalue weighted by Crippen LogP contribution is -2.48. The number of aromatic hydroxyl groups is 1. The zero-order valence-electron chi connectivity index (χ0n) is 14.3. The van der Waals surface area contributed by atoms with Gasteiger partial charge in [0.15, 0.2) is 5.75 Å². The van der Waals surface area contributed by atoms with Crippen LogP contribution in [0, 0.1) is 0 Å². The zero-order valence-corrected chi connectivity index (χ0v) is 15.2. The van der Waals surface area contributed by atoms with Gasteiger partial charge in [0.05, 0.1) is 25.0 Å². The summed E-state index contributed by atoms with van der Waals surface area (Å²) in [5, 5.41) is 21.8. The highest BCUT2D eigenvalue weighted by molar-refractivity contribution is 7.80. The molecule has 14 heteroatoms. The Balaban J connectivity index is 1.75. The Morgan fingerprint density at radius 3 is 2.71 bits per heavy atom. The molecule has 1 fully saturated rings. The van der Waals surface area contributed by atoms with E-state index in [2.05, 4.69) is 9.60 Å². The van der Waals surface area contributed by atoms with Gasteiger partial charge in [0, 0.05) is 6.07 Å². The molecule has 1 saturated heterocycles. The van der Waals surface area contributed by atoms with Crippen LogP contribution in [-0.2, 0) is 26.0 Å². The molecule has 2 aliphatic heterocycles. The minimum Gasteiger partial charge on any atom is -0.503 e. The van der Waals surface area contributed by atoms with Crippen LogP contribution in [0.2, 0.25) is 0 Å². The van der Waals surface area contributed by atoms with Crippen molar-refractivity contribution >= 4 is 22.3 Å². The molecule has 2 bridgehead atoms. The molecular weight excluding hydrogens is 400 g/mol. The second kappa shape index (κ2) is 6.81. The summed E-state index contributed by atoms with van der Waals surface area (Å²) < 4.78 is 35.5. The lowest BCUT2D eigenvalue weighted by molar-refractivity contribution is -0.124. The van der Waals surface area contributed by atoms with Crippen LogP contribution in [-0.4, -0.2) is 68.5 Å². The molecule has 3 amide bonds. The topological polar surface area (TPSA) is 179 Å². The molecule has 0 unspecified atom stereocenters. The number of fused-ring (bicyclic) bond motifs is 2. The maximum atomic E-state index is 12.5. The van der Waals surface area contributed by atoms with E-state index in [0.29, 0.717) is 15.4 Å². The number of hydroxylamine groups is 2. The fraction of sp³-hybridized carbons (Fsp3) is 0.357. The Labute approximate surface area is 157 Å². The summed E-state index contributed by atoms with van der Waals surface area (Å²) in [7, 11) is -4.93. The third-order valence-corrected chi connectivity index (χ3v) is 4.69. The van der Waals surface area contributed by atoms with Gasteiger partial charge in [-0.2, -0.15) is 18.2 Å². The first-order valence-corrected chi connectivity index (χ1v) is 9.21. The van der Waals surface area contributed by atoms with Crippen molar-refractivity contribution in [2.75, 3.05) is 6.54 Å². The third kappa shape index (κ3) is 3.64. The van der Waals surface area contributed by atoms with Crippen molar-refractivity contribution in [3.63, 3.8) is 0 Å². The number of hydrogen-bond acceptors (Lipinski definition) is 8. The van der Waals surface area contributed by atoms with Gasteiger partial charge < -0.3 is 20.5 Å². The second-order valence-corrected chi connectivity index (χ2v) is 7.22. The van der Waals surface area contributed by atoms with Crippen LogP contribution in [0.15, 0.2) is 28.7 Å². The summed E-state index contributed by atoms with van der Waals surface area (Å²) in [5.41, 5.74) is -0.303. The number of nitrogens with zero attached hydrogens (tertiary/aromatic N) is 3. The summed E-state index contributed by atoms with van der Waals surface area (Å²) in [5.74, 6) is -1.34. The van der Waals surface area contributed by atoms with E-state index in [4.69, 9.17) is 4.55 Å². The third-order valence-electron chi connectivity index (χ3n) is 4.34. The summed E-state index contributed by atoms with van der Waals surface area (Å²) in [6.45, 7) is 1.23. The Bertz CT molecular complexity index is 1030. The van der Waals surface area contributed by atoms with Crippen molar-refractivity contribution in [2.24, 2.45) is 0 Å². The predicted molar refractivity (Wildman–Crippen MR) is 89.3 cm³/mol. The quantitative estimate of drug-likeness (QED) is 0.254. The molecule has 152 valence electrons. The average molecular weight is 416 g/mol. The zero-order chi connectivity index (χ0) is 20.8. The fourth-order valence-electron chi connectivity index (χ4n) is 2.98. The van der Waals surface area contributed by atoms with Crippen molar-refractivity contribution < 1.29 is 37.2 Å². The molecule has 4 N–H and O–H groups in total. The van der Waals surface area contributed by atoms with E-state index >= 15 is 0 Å². The Kier molecular flexibility index (Phi) is 4.78. The van der Waals surface area contributed by atoms with Gasteiger partial charge in [0.25, 0.3) is 0 Å². The van der Waals surface area contributed by atoms with Gasteiger partial charge in [-0.1, -0.05) is 6.08 Å². The monoisotopic (exact) mass is 416 g/mol.